The summed E-state index contributed by atoms with van der Waals surface area (Å²) < 4.78 is 0. The van der Waals surface area contributed by atoms with Gasteiger partial charge in [-0.1, -0.05) is 30.3 Å². The molecule has 23 heavy (non-hydrogen) atoms. The van der Waals surface area contributed by atoms with E-state index in [0.717, 1.165) is 23.4 Å². The minimum absolute atomic E-state index is 0.127. The lowest BCUT2D eigenvalue weighted by molar-refractivity contribution is 0.251. The summed E-state index contributed by atoms with van der Waals surface area (Å²) in [4.78, 5) is 14.0. The average molecular weight is 307 g/mol. The van der Waals surface area contributed by atoms with Crippen molar-refractivity contribution >= 4 is 11.7 Å². The number of urea groups is 1. The predicted octanol–water partition coefficient (Wildman–Crippen LogP) is 3.58. The molecular weight excluding hydrogens is 286 g/mol. The van der Waals surface area contributed by atoms with E-state index in [9.17, 15) is 4.79 Å². The number of likely N-dealkylation sites (tertiary alicyclic amines) is 1. The minimum Gasteiger partial charge on any atom is -0.334 e. The van der Waals surface area contributed by atoms with Gasteiger partial charge in [0.05, 0.1) is 0 Å². The van der Waals surface area contributed by atoms with E-state index < -0.39 is 0 Å². The first-order valence-electron chi connectivity index (χ1n) is 8.27. The predicted molar refractivity (Wildman–Crippen MR) is 92.2 cm³/mol. The van der Waals surface area contributed by atoms with Crippen LogP contribution >= 0.6 is 0 Å². The van der Waals surface area contributed by atoms with Gasteiger partial charge in [-0.2, -0.15) is 0 Å². The number of amides is 2. The fraction of sp³-hybridized carbons (Fsp3) is 0.316. The van der Waals surface area contributed by atoms with E-state index in [1.807, 2.05) is 0 Å². The van der Waals surface area contributed by atoms with Crippen LogP contribution in [-0.2, 0) is 13.1 Å². The van der Waals surface area contributed by atoms with E-state index in [4.69, 9.17) is 0 Å². The summed E-state index contributed by atoms with van der Waals surface area (Å²) >= 11 is 0. The third-order valence-electron chi connectivity index (χ3n) is 4.66. The molecule has 2 aliphatic rings. The maximum atomic E-state index is 11.5. The first-order valence-corrected chi connectivity index (χ1v) is 8.27. The number of carbonyl (C=O) groups is 1. The lowest BCUT2D eigenvalue weighted by atomic mass is 9.99. The molecule has 0 unspecified atom stereocenters. The zero-order valence-corrected chi connectivity index (χ0v) is 13.1. The number of carbonyl (C=O) groups excluding carboxylic acids is 1. The fourth-order valence-corrected chi connectivity index (χ4v) is 3.42. The van der Waals surface area contributed by atoms with Crippen molar-refractivity contribution in [1.29, 1.82) is 0 Å². The van der Waals surface area contributed by atoms with Crippen LogP contribution in [0.15, 0.2) is 42.5 Å². The molecule has 0 radical (unpaired) electrons. The highest BCUT2D eigenvalue weighted by Gasteiger charge is 2.15. The van der Waals surface area contributed by atoms with Crippen molar-refractivity contribution in [1.82, 2.24) is 10.2 Å². The summed E-state index contributed by atoms with van der Waals surface area (Å²) in [6.45, 7) is 4.04. The zero-order chi connectivity index (χ0) is 15.6. The lowest BCUT2D eigenvalue weighted by Crippen LogP contribution is -2.33. The Balaban J connectivity index is 1.60. The van der Waals surface area contributed by atoms with Crippen LogP contribution in [0.2, 0.25) is 0 Å². The molecular formula is C19H21N3O. The van der Waals surface area contributed by atoms with Crippen LogP contribution in [0.5, 0.6) is 0 Å². The lowest BCUT2D eigenvalue weighted by Gasteiger charge is -2.19. The molecule has 1 saturated heterocycles. The summed E-state index contributed by atoms with van der Waals surface area (Å²) in [5.41, 5.74) is 5.75. The molecule has 2 aromatic carbocycles. The molecule has 0 spiro atoms. The molecule has 1 fully saturated rings. The van der Waals surface area contributed by atoms with E-state index in [2.05, 4.69) is 58.0 Å². The number of nitrogens with one attached hydrogen (secondary N) is 2. The first kappa shape index (κ1) is 14.3. The number of hydrogen-bond acceptors (Lipinski definition) is 2. The number of rotatable bonds is 3. The van der Waals surface area contributed by atoms with Gasteiger partial charge in [0.15, 0.2) is 0 Å². The van der Waals surface area contributed by atoms with Gasteiger partial charge in [0.2, 0.25) is 0 Å². The summed E-state index contributed by atoms with van der Waals surface area (Å²) in [5, 5.41) is 5.68. The average Bonchev–Trinajstić information content (AvgIpc) is 3.07. The van der Waals surface area contributed by atoms with E-state index in [1.54, 1.807) is 0 Å². The van der Waals surface area contributed by atoms with Crippen LogP contribution in [0.3, 0.4) is 0 Å². The monoisotopic (exact) mass is 307 g/mol. The van der Waals surface area contributed by atoms with Crippen LogP contribution in [0.25, 0.3) is 11.1 Å². The zero-order valence-electron chi connectivity index (χ0n) is 13.1. The summed E-state index contributed by atoms with van der Waals surface area (Å²) in [5.74, 6) is 0. The molecule has 2 aliphatic heterocycles. The number of nitrogens with zero attached hydrogens (tertiary/aromatic N) is 1. The van der Waals surface area contributed by atoms with Gasteiger partial charge in [-0.05, 0) is 60.3 Å². The van der Waals surface area contributed by atoms with Crippen molar-refractivity contribution in [3.8, 4) is 11.1 Å². The molecule has 2 N–H and O–H groups in total. The second kappa shape index (κ2) is 6.05. The Morgan fingerprint density at radius 1 is 1.00 bits per heavy atom. The molecule has 0 aliphatic carbocycles. The van der Waals surface area contributed by atoms with Crippen molar-refractivity contribution in [3.63, 3.8) is 0 Å². The first-order chi connectivity index (χ1) is 11.3. The van der Waals surface area contributed by atoms with Crippen LogP contribution < -0.4 is 10.6 Å². The van der Waals surface area contributed by atoms with Crippen LogP contribution in [0.1, 0.15) is 24.0 Å². The molecule has 0 saturated carbocycles. The highest BCUT2D eigenvalue weighted by atomic mass is 16.2. The van der Waals surface area contributed by atoms with Gasteiger partial charge in [-0.25, -0.2) is 4.79 Å². The molecule has 4 heteroatoms. The number of anilines is 1. The highest BCUT2D eigenvalue weighted by Crippen LogP contribution is 2.28. The summed E-state index contributed by atoms with van der Waals surface area (Å²) in [7, 11) is 0. The van der Waals surface area contributed by atoms with Gasteiger partial charge in [0.25, 0.3) is 0 Å². The third kappa shape index (κ3) is 3.08. The van der Waals surface area contributed by atoms with Crippen molar-refractivity contribution in [3.05, 3.63) is 53.6 Å². The highest BCUT2D eigenvalue weighted by molar-refractivity contribution is 5.93. The van der Waals surface area contributed by atoms with Crippen LogP contribution in [-0.4, -0.2) is 24.0 Å². The molecule has 4 rings (SSSR count). The van der Waals surface area contributed by atoms with E-state index >= 15 is 0 Å². The van der Waals surface area contributed by atoms with Gasteiger partial charge >= 0.3 is 6.03 Å². The SMILES string of the molecule is O=C1NCc2ccc(-c3cccc(CN4CCCC4)c3)cc2N1. The molecule has 2 amide bonds. The van der Waals surface area contributed by atoms with Crippen molar-refractivity contribution in [2.24, 2.45) is 0 Å². The van der Waals surface area contributed by atoms with Gasteiger partial charge in [0.1, 0.15) is 0 Å². The van der Waals surface area contributed by atoms with Gasteiger partial charge in [-0.3, -0.25) is 4.90 Å². The molecule has 0 aromatic heterocycles. The molecule has 0 bridgehead atoms. The fourth-order valence-electron chi connectivity index (χ4n) is 3.42. The van der Waals surface area contributed by atoms with Crippen molar-refractivity contribution < 1.29 is 4.79 Å². The van der Waals surface area contributed by atoms with E-state index in [-0.39, 0.29) is 6.03 Å². The van der Waals surface area contributed by atoms with E-state index in [1.165, 1.54) is 37.1 Å². The third-order valence-corrected chi connectivity index (χ3v) is 4.66. The Labute approximate surface area is 136 Å². The minimum atomic E-state index is -0.127. The Bertz CT molecular complexity index is 735. The topological polar surface area (TPSA) is 44.4 Å². The Morgan fingerprint density at radius 3 is 2.70 bits per heavy atom. The summed E-state index contributed by atoms with van der Waals surface area (Å²) in [6.07, 6.45) is 2.64. The largest absolute Gasteiger partial charge is 0.334 e. The summed E-state index contributed by atoms with van der Waals surface area (Å²) in [6, 6.07) is 14.9. The molecule has 118 valence electrons. The molecule has 4 nitrogen and oxygen atoms in total. The van der Waals surface area contributed by atoms with Crippen molar-refractivity contribution in [2.45, 2.75) is 25.9 Å². The molecule has 2 heterocycles. The second-order valence-corrected chi connectivity index (χ2v) is 6.36. The maximum Gasteiger partial charge on any atom is 0.319 e. The van der Waals surface area contributed by atoms with E-state index in [0.29, 0.717) is 6.54 Å². The number of fused-ring (bicyclic) bond motifs is 1. The van der Waals surface area contributed by atoms with Crippen LogP contribution in [0.4, 0.5) is 10.5 Å². The Morgan fingerprint density at radius 2 is 1.83 bits per heavy atom. The van der Waals surface area contributed by atoms with Gasteiger partial charge in [0, 0.05) is 18.8 Å². The quantitative estimate of drug-likeness (QED) is 0.910. The standard InChI is InChI=1S/C19H21N3O/c23-19-20-12-17-7-6-16(11-18(17)21-19)15-5-3-4-14(10-15)13-22-8-1-2-9-22/h3-7,10-11H,1-2,8-9,12-13H2,(H2,20,21,23). The van der Waals surface area contributed by atoms with Gasteiger partial charge in [-0.15, -0.1) is 0 Å². The Kier molecular flexibility index (Phi) is 3.75. The second-order valence-electron chi connectivity index (χ2n) is 6.36. The molecule has 0 atom stereocenters. The van der Waals surface area contributed by atoms with Crippen molar-refractivity contribution in [2.75, 3.05) is 18.4 Å². The normalized spacial score (nSPS) is 17.5. The molecule has 2 aromatic rings. The number of hydrogen-bond donors (Lipinski definition) is 2. The number of benzene rings is 2. The Hall–Kier alpha value is -2.33. The van der Waals surface area contributed by atoms with Crippen LogP contribution in [0, 0.1) is 0 Å². The van der Waals surface area contributed by atoms with Gasteiger partial charge < -0.3 is 10.6 Å². The maximum absolute atomic E-state index is 11.5. The smallest absolute Gasteiger partial charge is 0.319 e.